The summed E-state index contributed by atoms with van der Waals surface area (Å²) >= 11 is 12.0. The molecule has 0 spiro atoms. The Labute approximate surface area is 156 Å². The molecule has 1 heterocycles. The first kappa shape index (κ1) is 18.1. The molecule has 2 aromatic carbocycles. The third kappa shape index (κ3) is 5.11. The maximum Gasteiger partial charge on any atom is 0.338 e. The summed E-state index contributed by atoms with van der Waals surface area (Å²) in [6.45, 7) is 1.30. The van der Waals surface area contributed by atoms with Crippen LogP contribution in [-0.4, -0.2) is 25.3 Å². The van der Waals surface area contributed by atoms with Gasteiger partial charge in [0.25, 0.3) is 0 Å². The summed E-state index contributed by atoms with van der Waals surface area (Å²) < 4.78 is 16.5. The molecule has 1 atom stereocenters. The molecular formula is C19H18Cl2O4. The minimum Gasteiger partial charge on any atom is -0.487 e. The Morgan fingerprint density at radius 3 is 2.88 bits per heavy atom. The van der Waals surface area contributed by atoms with Gasteiger partial charge >= 0.3 is 5.97 Å². The van der Waals surface area contributed by atoms with Crippen LogP contribution in [0, 0.1) is 0 Å². The van der Waals surface area contributed by atoms with Crippen LogP contribution in [0.3, 0.4) is 0 Å². The fourth-order valence-corrected chi connectivity index (χ4v) is 2.90. The Balaban J connectivity index is 1.58. The van der Waals surface area contributed by atoms with Crippen molar-refractivity contribution in [3.8, 4) is 5.75 Å². The van der Waals surface area contributed by atoms with Crippen LogP contribution in [0.15, 0.2) is 42.5 Å². The zero-order valence-electron chi connectivity index (χ0n) is 13.5. The van der Waals surface area contributed by atoms with Gasteiger partial charge in [0.2, 0.25) is 0 Å². The SMILES string of the molecule is O=C(OC[C@H]1CCCO1)c1cccc(COc2cc(Cl)ccc2Cl)c1. The van der Waals surface area contributed by atoms with Crippen molar-refractivity contribution in [2.24, 2.45) is 0 Å². The van der Waals surface area contributed by atoms with Crippen LogP contribution in [0.5, 0.6) is 5.75 Å². The van der Waals surface area contributed by atoms with Gasteiger partial charge in [0.05, 0.1) is 16.7 Å². The maximum absolute atomic E-state index is 12.2. The fourth-order valence-electron chi connectivity index (χ4n) is 2.56. The Hall–Kier alpha value is -1.75. The highest BCUT2D eigenvalue weighted by Crippen LogP contribution is 2.28. The van der Waals surface area contributed by atoms with Gasteiger partial charge in [0.1, 0.15) is 19.0 Å². The van der Waals surface area contributed by atoms with Gasteiger partial charge in [0.15, 0.2) is 0 Å². The van der Waals surface area contributed by atoms with Crippen molar-refractivity contribution < 1.29 is 19.0 Å². The number of carbonyl (C=O) groups is 1. The van der Waals surface area contributed by atoms with E-state index in [1.807, 2.05) is 6.07 Å². The molecule has 0 aliphatic carbocycles. The number of rotatable bonds is 6. The lowest BCUT2D eigenvalue weighted by molar-refractivity contribution is 0.0161. The molecule has 1 aliphatic rings. The molecule has 3 rings (SSSR count). The lowest BCUT2D eigenvalue weighted by Crippen LogP contribution is -2.18. The predicted molar refractivity (Wildman–Crippen MR) is 96.5 cm³/mol. The van der Waals surface area contributed by atoms with Crippen LogP contribution in [0.25, 0.3) is 0 Å². The number of carbonyl (C=O) groups excluding carboxylic acids is 1. The average molecular weight is 381 g/mol. The van der Waals surface area contributed by atoms with Crippen molar-refractivity contribution in [2.45, 2.75) is 25.6 Å². The number of benzene rings is 2. The van der Waals surface area contributed by atoms with Crippen LogP contribution in [0.2, 0.25) is 10.0 Å². The molecule has 0 N–H and O–H groups in total. The zero-order chi connectivity index (χ0) is 17.6. The van der Waals surface area contributed by atoms with Gasteiger partial charge in [-0.15, -0.1) is 0 Å². The van der Waals surface area contributed by atoms with Crippen molar-refractivity contribution in [3.05, 3.63) is 63.6 Å². The van der Waals surface area contributed by atoms with Crippen LogP contribution < -0.4 is 4.74 Å². The van der Waals surface area contributed by atoms with Gasteiger partial charge in [0, 0.05) is 17.7 Å². The van der Waals surface area contributed by atoms with E-state index in [1.165, 1.54) is 0 Å². The third-order valence-corrected chi connectivity index (χ3v) is 4.42. The minimum absolute atomic E-state index is 0.0143. The first-order valence-electron chi connectivity index (χ1n) is 8.07. The topological polar surface area (TPSA) is 44.8 Å². The van der Waals surface area contributed by atoms with Crippen molar-refractivity contribution in [1.29, 1.82) is 0 Å². The molecule has 0 amide bonds. The van der Waals surface area contributed by atoms with E-state index in [1.54, 1.807) is 36.4 Å². The Morgan fingerprint density at radius 2 is 2.08 bits per heavy atom. The summed E-state index contributed by atoms with van der Waals surface area (Å²) in [5.74, 6) is 0.138. The van der Waals surface area contributed by atoms with Crippen LogP contribution in [0.4, 0.5) is 0 Å². The number of esters is 1. The summed E-state index contributed by atoms with van der Waals surface area (Å²) in [4.78, 5) is 12.2. The standard InChI is InChI=1S/C19H18Cl2O4/c20-15-6-7-17(21)18(10-15)24-11-13-3-1-4-14(9-13)19(22)25-12-16-5-2-8-23-16/h1,3-4,6-7,9-10,16H,2,5,8,11-12H2/t16-/m1/s1. The third-order valence-electron chi connectivity index (χ3n) is 3.87. The average Bonchev–Trinajstić information content (AvgIpc) is 3.14. The van der Waals surface area contributed by atoms with E-state index in [-0.39, 0.29) is 25.3 Å². The van der Waals surface area contributed by atoms with Crippen molar-refractivity contribution in [2.75, 3.05) is 13.2 Å². The van der Waals surface area contributed by atoms with E-state index in [2.05, 4.69) is 0 Å². The molecule has 1 saturated heterocycles. The van der Waals surface area contributed by atoms with Gasteiger partial charge in [-0.05, 0) is 42.7 Å². The second-order valence-corrected chi connectivity index (χ2v) is 6.64. The summed E-state index contributed by atoms with van der Waals surface area (Å²) in [6, 6.07) is 12.2. The Morgan fingerprint density at radius 1 is 1.20 bits per heavy atom. The molecule has 0 bridgehead atoms. The van der Waals surface area contributed by atoms with E-state index in [9.17, 15) is 4.79 Å². The van der Waals surface area contributed by atoms with Gasteiger partial charge < -0.3 is 14.2 Å². The number of hydrogen-bond donors (Lipinski definition) is 0. The fraction of sp³-hybridized carbons (Fsp3) is 0.316. The highest BCUT2D eigenvalue weighted by Gasteiger charge is 2.18. The molecular weight excluding hydrogens is 363 g/mol. The van der Waals surface area contributed by atoms with Gasteiger partial charge in [-0.1, -0.05) is 35.3 Å². The summed E-state index contributed by atoms with van der Waals surface area (Å²) in [5, 5.41) is 1.03. The largest absolute Gasteiger partial charge is 0.487 e. The highest BCUT2D eigenvalue weighted by atomic mass is 35.5. The first-order chi connectivity index (χ1) is 12.1. The van der Waals surface area contributed by atoms with E-state index >= 15 is 0 Å². The summed E-state index contributed by atoms with van der Waals surface area (Å²) in [5.41, 5.74) is 1.32. The summed E-state index contributed by atoms with van der Waals surface area (Å²) in [6.07, 6.45) is 1.96. The van der Waals surface area contributed by atoms with Gasteiger partial charge in [-0.3, -0.25) is 0 Å². The minimum atomic E-state index is -0.363. The molecule has 2 aromatic rings. The smallest absolute Gasteiger partial charge is 0.338 e. The van der Waals surface area contributed by atoms with Crippen LogP contribution >= 0.6 is 23.2 Å². The van der Waals surface area contributed by atoms with E-state index in [0.29, 0.717) is 21.4 Å². The van der Waals surface area contributed by atoms with E-state index in [4.69, 9.17) is 37.4 Å². The normalized spacial score (nSPS) is 16.6. The van der Waals surface area contributed by atoms with Crippen LogP contribution in [-0.2, 0) is 16.1 Å². The quantitative estimate of drug-likeness (QED) is 0.667. The predicted octanol–water partition coefficient (Wildman–Crippen LogP) is 4.91. The summed E-state index contributed by atoms with van der Waals surface area (Å²) in [7, 11) is 0. The van der Waals surface area contributed by atoms with Crippen molar-refractivity contribution in [1.82, 2.24) is 0 Å². The van der Waals surface area contributed by atoms with Gasteiger partial charge in [-0.2, -0.15) is 0 Å². The molecule has 1 aliphatic heterocycles. The second kappa shape index (κ2) is 8.56. The molecule has 25 heavy (non-hydrogen) atoms. The van der Waals surface area contributed by atoms with Crippen molar-refractivity contribution >= 4 is 29.2 Å². The van der Waals surface area contributed by atoms with Crippen molar-refractivity contribution in [3.63, 3.8) is 0 Å². The van der Waals surface area contributed by atoms with Crippen LogP contribution in [0.1, 0.15) is 28.8 Å². The molecule has 4 nitrogen and oxygen atoms in total. The zero-order valence-corrected chi connectivity index (χ0v) is 15.1. The van der Waals surface area contributed by atoms with E-state index in [0.717, 1.165) is 25.0 Å². The molecule has 132 valence electrons. The molecule has 6 heteroatoms. The molecule has 1 fully saturated rings. The maximum atomic E-state index is 12.2. The lowest BCUT2D eigenvalue weighted by Gasteiger charge is -2.11. The number of halogens is 2. The second-order valence-electron chi connectivity index (χ2n) is 5.80. The first-order valence-corrected chi connectivity index (χ1v) is 8.83. The number of hydrogen-bond acceptors (Lipinski definition) is 4. The van der Waals surface area contributed by atoms with Gasteiger partial charge in [-0.25, -0.2) is 4.79 Å². The lowest BCUT2D eigenvalue weighted by atomic mass is 10.1. The Bertz CT molecular complexity index is 742. The Kier molecular flexibility index (Phi) is 6.19. The van der Waals surface area contributed by atoms with E-state index < -0.39 is 0 Å². The molecule has 0 radical (unpaired) electrons. The molecule has 0 saturated carbocycles. The number of ether oxygens (including phenoxy) is 3. The molecule has 0 unspecified atom stereocenters. The highest BCUT2D eigenvalue weighted by molar-refractivity contribution is 6.34. The molecule has 0 aromatic heterocycles. The monoisotopic (exact) mass is 380 g/mol.